The number of hydrogen-bond donors (Lipinski definition) is 1. The van der Waals surface area contributed by atoms with Gasteiger partial charge in [0.05, 0.1) is 23.2 Å². The fourth-order valence-electron chi connectivity index (χ4n) is 3.53. The summed E-state index contributed by atoms with van der Waals surface area (Å²) in [5.74, 6) is 0. The first-order valence-electron chi connectivity index (χ1n) is 9.39. The third kappa shape index (κ3) is 3.44. The number of allylic oxidation sites excluding steroid dienone is 2. The average Bonchev–Trinajstić information content (AvgIpc) is 3.30. The third-order valence-corrected chi connectivity index (χ3v) is 6.24. The van der Waals surface area contributed by atoms with E-state index in [9.17, 15) is 4.79 Å². The molecule has 9 nitrogen and oxygen atoms in total. The summed E-state index contributed by atoms with van der Waals surface area (Å²) < 4.78 is 4.30. The molecule has 0 saturated heterocycles. The highest BCUT2D eigenvalue weighted by molar-refractivity contribution is 7.19. The van der Waals surface area contributed by atoms with Gasteiger partial charge in [-0.05, 0) is 13.0 Å². The molecule has 0 bridgehead atoms. The van der Waals surface area contributed by atoms with Crippen LogP contribution in [0.2, 0.25) is 0 Å². The van der Waals surface area contributed by atoms with E-state index in [1.165, 1.54) is 4.68 Å². The fraction of sp³-hybridized carbons (Fsp3) is 0.421. The van der Waals surface area contributed by atoms with Crippen molar-refractivity contribution in [3.63, 3.8) is 0 Å². The molecule has 0 amide bonds. The Balaban J connectivity index is 1.71. The Bertz CT molecular complexity index is 1230. The van der Waals surface area contributed by atoms with Crippen molar-refractivity contribution < 1.29 is 0 Å². The van der Waals surface area contributed by atoms with Gasteiger partial charge in [-0.1, -0.05) is 0 Å². The van der Waals surface area contributed by atoms with Gasteiger partial charge in [-0.2, -0.15) is 10.2 Å². The Labute approximate surface area is 171 Å². The molecular weight excluding hydrogens is 388 g/mol. The lowest BCUT2D eigenvalue weighted by molar-refractivity contribution is 0.303. The number of nitrogens with two attached hydrogens (primary N) is 1. The minimum atomic E-state index is -0.125. The number of aliphatic imine (C=N–C) groups is 1. The minimum absolute atomic E-state index is 0.125. The summed E-state index contributed by atoms with van der Waals surface area (Å²) >= 11 is 1.54. The van der Waals surface area contributed by atoms with Crippen LogP contribution in [-0.4, -0.2) is 56.4 Å². The second-order valence-corrected chi connectivity index (χ2v) is 8.39. The number of aryl methyl sites for hydroxylation is 1. The number of thiazole rings is 1. The smallest absolute Gasteiger partial charge is 0.291 e. The van der Waals surface area contributed by atoms with E-state index in [4.69, 9.17) is 10.7 Å². The van der Waals surface area contributed by atoms with Crippen molar-refractivity contribution in [2.75, 3.05) is 14.1 Å². The van der Waals surface area contributed by atoms with E-state index in [0.717, 1.165) is 32.9 Å². The van der Waals surface area contributed by atoms with Crippen molar-refractivity contribution in [2.24, 2.45) is 22.9 Å². The van der Waals surface area contributed by atoms with Crippen molar-refractivity contribution >= 4 is 44.5 Å². The monoisotopic (exact) mass is 412 g/mol. The number of rotatable bonds is 5. The zero-order chi connectivity index (χ0) is 20.7. The van der Waals surface area contributed by atoms with E-state index in [-0.39, 0.29) is 5.56 Å². The molecule has 0 spiro atoms. The highest BCUT2D eigenvalue weighted by Gasteiger charge is 2.22. The van der Waals surface area contributed by atoms with Crippen LogP contribution < -0.4 is 11.3 Å². The van der Waals surface area contributed by atoms with Crippen molar-refractivity contribution in [2.45, 2.75) is 32.4 Å². The van der Waals surface area contributed by atoms with E-state index in [1.807, 2.05) is 23.7 Å². The van der Waals surface area contributed by atoms with Crippen molar-refractivity contribution in [3.05, 3.63) is 33.3 Å². The zero-order valence-electron chi connectivity index (χ0n) is 17.0. The largest absolute Gasteiger partial charge is 0.402 e. The number of nitrogens with zero attached hydrogens (tertiary/aromatic N) is 7. The molecule has 29 heavy (non-hydrogen) atoms. The number of aromatic nitrogens is 4. The number of hydrazone groups is 1. The lowest BCUT2D eigenvalue weighted by atomic mass is 10.2. The van der Waals surface area contributed by atoms with Gasteiger partial charge in [-0.15, -0.1) is 11.3 Å². The molecule has 3 aromatic heterocycles. The summed E-state index contributed by atoms with van der Waals surface area (Å²) in [4.78, 5) is 21.7. The first-order valence-corrected chi connectivity index (χ1v) is 10.2. The van der Waals surface area contributed by atoms with E-state index in [0.29, 0.717) is 30.2 Å². The summed E-state index contributed by atoms with van der Waals surface area (Å²) in [5, 5.41) is 12.6. The van der Waals surface area contributed by atoms with Gasteiger partial charge in [0.15, 0.2) is 5.65 Å². The maximum Gasteiger partial charge on any atom is 0.291 e. The number of hydrogen-bond acceptors (Lipinski definition) is 8. The Hall–Kier alpha value is -3.01. The molecule has 0 radical (unpaired) electrons. The molecule has 0 aromatic carbocycles. The SMILES string of the molecule is CN=CC=C(N)Cc1nc2c(s1)c1cnn(CC3=NN(C)C(C)C3)c(=O)c1n2C. The molecule has 1 aliphatic heterocycles. The van der Waals surface area contributed by atoms with Crippen molar-refractivity contribution in [3.8, 4) is 0 Å². The van der Waals surface area contributed by atoms with Crippen LogP contribution in [0, 0.1) is 0 Å². The molecule has 2 N–H and O–H groups in total. The molecule has 0 aliphatic carbocycles. The number of fused-ring (bicyclic) bond motifs is 3. The topological polar surface area (TPSA) is 107 Å². The lowest BCUT2D eigenvalue weighted by Crippen LogP contribution is -2.27. The maximum absolute atomic E-state index is 13.1. The van der Waals surface area contributed by atoms with E-state index >= 15 is 0 Å². The summed E-state index contributed by atoms with van der Waals surface area (Å²) in [6, 6.07) is 0.345. The van der Waals surface area contributed by atoms with Crippen LogP contribution >= 0.6 is 11.3 Å². The standard InChI is InChI=1S/C19H24N8OS/c1-11-7-13(24-26(11)4)10-27-19(28)16-14(9-22-27)17-18(25(16)3)23-15(29-17)8-12(20)5-6-21-2/h5-6,9,11H,7-8,10,20H2,1-4H3. The Morgan fingerprint density at radius 2 is 2.24 bits per heavy atom. The first kappa shape index (κ1) is 19.3. The predicted octanol–water partition coefficient (Wildman–Crippen LogP) is 1.51. The van der Waals surface area contributed by atoms with Gasteiger partial charge in [0.25, 0.3) is 5.56 Å². The molecule has 1 aliphatic rings. The van der Waals surface area contributed by atoms with Crippen molar-refractivity contribution in [1.82, 2.24) is 24.3 Å². The van der Waals surface area contributed by atoms with Gasteiger partial charge in [-0.25, -0.2) is 9.67 Å². The summed E-state index contributed by atoms with van der Waals surface area (Å²) in [5.41, 5.74) is 8.94. The molecule has 4 rings (SSSR count). The van der Waals surface area contributed by atoms with Crippen LogP contribution in [0.4, 0.5) is 0 Å². The average molecular weight is 413 g/mol. The summed E-state index contributed by atoms with van der Waals surface area (Å²) in [6.07, 6.45) is 6.58. The van der Waals surface area contributed by atoms with Crippen LogP contribution in [0.15, 0.2) is 32.9 Å². The van der Waals surface area contributed by atoms with Crippen LogP contribution in [0.3, 0.4) is 0 Å². The molecule has 1 unspecified atom stereocenters. The van der Waals surface area contributed by atoms with E-state index in [2.05, 4.69) is 22.1 Å². The quantitative estimate of drug-likeness (QED) is 0.639. The summed E-state index contributed by atoms with van der Waals surface area (Å²) in [7, 11) is 5.51. The highest BCUT2D eigenvalue weighted by atomic mass is 32.1. The Morgan fingerprint density at radius 1 is 1.45 bits per heavy atom. The highest BCUT2D eigenvalue weighted by Crippen LogP contribution is 2.31. The van der Waals surface area contributed by atoms with Crippen LogP contribution in [0.1, 0.15) is 18.4 Å². The van der Waals surface area contributed by atoms with Crippen LogP contribution in [0.25, 0.3) is 21.3 Å². The maximum atomic E-state index is 13.1. The molecular formula is C19H24N8OS. The van der Waals surface area contributed by atoms with Crippen molar-refractivity contribution in [1.29, 1.82) is 0 Å². The predicted molar refractivity (Wildman–Crippen MR) is 118 cm³/mol. The van der Waals surface area contributed by atoms with Gasteiger partial charge >= 0.3 is 0 Å². The Morgan fingerprint density at radius 3 is 2.93 bits per heavy atom. The third-order valence-electron chi connectivity index (χ3n) is 5.16. The molecule has 0 saturated carbocycles. The molecule has 4 heterocycles. The molecule has 152 valence electrons. The van der Waals surface area contributed by atoms with E-state index in [1.54, 1.807) is 36.9 Å². The van der Waals surface area contributed by atoms with Gasteiger partial charge in [0.1, 0.15) is 10.5 Å². The normalized spacial score (nSPS) is 17.9. The Kier molecular flexibility index (Phi) is 4.95. The van der Waals surface area contributed by atoms with Crippen LogP contribution in [0.5, 0.6) is 0 Å². The second kappa shape index (κ2) is 7.43. The summed E-state index contributed by atoms with van der Waals surface area (Å²) in [6.45, 7) is 2.52. The van der Waals surface area contributed by atoms with Gasteiger partial charge < -0.3 is 10.3 Å². The van der Waals surface area contributed by atoms with Gasteiger partial charge in [0, 0.05) is 57.3 Å². The van der Waals surface area contributed by atoms with Gasteiger partial charge in [-0.3, -0.25) is 14.8 Å². The molecule has 3 aromatic rings. The lowest BCUT2D eigenvalue weighted by Gasteiger charge is -2.11. The van der Waals surface area contributed by atoms with Gasteiger partial charge in [0.2, 0.25) is 0 Å². The molecule has 10 heteroatoms. The zero-order valence-corrected chi connectivity index (χ0v) is 17.8. The fourth-order valence-corrected chi connectivity index (χ4v) is 4.67. The minimum Gasteiger partial charge on any atom is -0.402 e. The van der Waals surface area contributed by atoms with Crippen LogP contribution in [-0.2, 0) is 20.0 Å². The van der Waals surface area contributed by atoms with E-state index < -0.39 is 0 Å². The molecule has 1 atom stereocenters. The second-order valence-electron chi connectivity index (χ2n) is 7.31. The first-order chi connectivity index (χ1) is 13.9. The molecule has 0 fully saturated rings.